The highest BCUT2D eigenvalue weighted by atomic mass is 16.5. The van der Waals surface area contributed by atoms with E-state index in [0.29, 0.717) is 69.1 Å². The molecule has 8 nitrogen and oxygen atoms in total. The molecule has 2 aliphatic heterocycles. The van der Waals surface area contributed by atoms with Gasteiger partial charge >= 0.3 is 0 Å². The molecule has 0 saturated heterocycles. The normalized spacial score (nSPS) is 14.3. The molecule has 0 N–H and O–H groups in total. The van der Waals surface area contributed by atoms with Crippen LogP contribution in [-0.2, 0) is 0 Å². The van der Waals surface area contributed by atoms with Gasteiger partial charge in [0.2, 0.25) is 0 Å². The molecule has 0 unspecified atom stereocenters. The van der Waals surface area contributed by atoms with Crippen LogP contribution in [0.25, 0.3) is 43.1 Å². The summed E-state index contributed by atoms with van der Waals surface area (Å²) in [4.78, 5) is 58.9. The first kappa shape index (κ1) is 28.0. The Morgan fingerprint density at radius 3 is 1.04 bits per heavy atom. The quantitative estimate of drug-likeness (QED) is 0.105. The van der Waals surface area contributed by atoms with Gasteiger partial charge in [0.05, 0.1) is 24.6 Å². The van der Waals surface area contributed by atoms with Crippen molar-refractivity contribution in [2.75, 3.05) is 23.0 Å². The van der Waals surface area contributed by atoms with Crippen molar-refractivity contribution in [3.8, 4) is 11.5 Å². The van der Waals surface area contributed by atoms with Gasteiger partial charge in [0.15, 0.2) is 0 Å². The minimum Gasteiger partial charge on any atom is -0.492 e. The highest BCUT2D eigenvalue weighted by molar-refractivity contribution is 6.45. The summed E-state index contributed by atoms with van der Waals surface area (Å²) >= 11 is 0. The molecule has 7 aromatic carbocycles. The fourth-order valence-corrected chi connectivity index (χ4v) is 7.54. The van der Waals surface area contributed by atoms with Crippen molar-refractivity contribution in [1.82, 2.24) is 0 Å². The summed E-state index contributed by atoms with van der Waals surface area (Å²) in [5.41, 5.74) is 2.45. The van der Waals surface area contributed by atoms with E-state index in [4.69, 9.17) is 9.47 Å². The average Bonchev–Trinajstić information content (AvgIpc) is 3.10. The molecule has 0 bridgehead atoms. The number of carbonyl (C=O) groups excluding carboxylic acids is 4. The fourth-order valence-electron chi connectivity index (χ4n) is 7.54. The summed E-state index contributed by atoms with van der Waals surface area (Å²) < 4.78 is 11.6. The number of hydrogen-bond acceptors (Lipinski definition) is 6. The number of anilines is 2. The molecule has 0 spiro atoms. The molecule has 2 aliphatic rings. The van der Waals surface area contributed by atoms with Crippen molar-refractivity contribution in [2.45, 2.75) is 13.8 Å². The van der Waals surface area contributed by atoms with E-state index in [9.17, 15) is 19.2 Å². The first-order chi connectivity index (χ1) is 23.4. The Bertz CT molecular complexity index is 2290. The van der Waals surface area contributed by atoms with Crippen LogP contribution in [-0.4, -0.2) is 36.8 Å². The molecule has 0 aliphatic carbocycles. The number of imide groups is 2. The van der Waals surface area contributed by atoms with E-state index in [-0.39, 0.29) is 0 Å². The highest BCUT2D eigenvalue weighted by Gasteiger charge is 2.39. The number of benzene rings is 7. The van der Waals surface area contributed by atoms with Crippen LogP contribution in [0.5, 0.6) is 11.5 Å². The van der Waals surface area contributed by atoms with Crippen LogP contribution in [0.4, 0.5) is 11.4 Å². The number of fused-ring (bicyclic) bond motifs is 2. The van der Waals surface area contributed by atoms with E-state index in [1.807, 2.05) is 38.1 Å². The molecule has 2 heterocycles. The summed E-state index contributed by atoms with van der Waals surface area (Å²) in [6.07, 6.45) is 0. The van der Waals surface area contributed by atoms with Crippen LogP contribution in [0.15, 0.2) is 97.1 Å². The van der Waals surface area contributed by atoms with E-state index in [0.717, 1.165) is 32.3 Å². The molecule has 8 heteroatoms. The first-order valence-electron chi connectivity index (χ1n) is 15.9. The third kappa shape index (κ3) is 3.54. The van der Waals surface area contributed by atoms with Crippen molar-refractivity contribution in [3.05, 3.63) is 119 Å². The standard InChI is InChI=1S/C40H26N2O6/c1-3-47-31-11-7-5-9-29(31)41-37(43)25-17-13-21-23-15-19-27-36-28(40(46)42(39(27)45)30-10-6-8-12-32(30)48-4-2)20-16-24(34(23)36)22-14-18-26(38(41)44)35(25)33(21)22/h5-20H,3-4H2,1-2H3. The lowest BCUT2D eigenvalue weighted by Gasteiger charge is -2.31. The Labute approximate surface area is 274 Å². The SMILES string of the molecule is CCOc1ccccc1N1C(=O)c2ccc3c4ccc5c6c(ccc(c7ccc(c2c37)C1=O)c64)C(=O)N(c1ccccc1OCC)C5=O. The lowest BCUT2D eigenvalue weighted by Crippen LogP contribution is -2.41. The van der Waals surface area contributed by atoms with E-state index >= 15 is 0 Å². The summed E-state index contributed by atoms with van der Waals surface area (Å²) in [7, 11) is 0. The number of nitrogens with zero attached hydrogens (tertiary/aromatic N) is 2. The lowest BCUT2D eigenvalue weighted by molar-refractivity contribution is 0.0876. The van der Waals surface area contributed by atoms with Crippen LogP contribution in [0.2, 0.25) is 0 Å². The van der Waals surface area contributed by atoms with Gasteiger partial charge < -0.3 is 9.47 Å². The topological polar surface area (TPSA) is 93.2 Å². The molecule has 232 valence electrons. The minimum atomic E-state index is -0.428. The second kappa shape index (κ2) is 10.1. The number of ether oxygens (including phenoxy) is 2. The van der Waals surface area contributed by atoms with Crippen molar-refractivity contribution in [2.24, 2.45) is 0 Å². The number of rotatable bonds is 6. The summed E-state index contributed by atoms with van der Waals surface area (Å²) in [5.74, 6) is -0.807. The number of amides is 4. The Kier molecular flexibility index (Phi) is 5.89. The summed E-state index contributed by atoms with van der Waals surface area (Å²) in [6.45, 7) is 4.47. The van der Waals surface area contributed by atoms with Gasteiger partial charge in [-0.3, -0.25) is 19.2 Å². The highest BCUT2D eigenvalue weighted by Crippen LogP contribution is 2.47. The maximum Gasteiger partial charge on any atom is 0.266 e. The van der Waals surface area contributed by atoms with Gasteiger partial charge in [0.25, 0.3) is 23.6 Å². The molecule has 0 aromatic heterocycles. The zero-order valence-corrected chi connectivity index (χ0v) is 26.0. The molecule has 0 radical (unpaired) electrons. The largest absolute Gasteiger partial charge is 0.492 e. The molecule has 0 fully saturated rings. The summed E-state index contributed by atoms with van der Waals surface area (Å²) in [5, 5.41) is 6.08. The number of hydrogen-bond donors (Lipinski definition) is 0. The number of para-hydroxylation sites is 4. The van der Waals surface area contributed by atoms with Crippen molar-refractivity contribution < 1.29 is 28.7 Å². The van der Waals surface area contributed by atoms with Crippen LogP contribution < -0.4 is 19.3 Å². The van der Waals surface area contributed by atoms with E-state index in [2.05, 4.69) is 0 Å². The molecule has 4 amide bonds. The Morgan fingerprint density at radius 1 is 0.417 bits per heavy atom. The predicted octanol–water partition coefficient (Wildman–Crippen LogP) is 8.14. The molecule has 0 saturated carbocycles. The fraction of sp³-hybridized carbons (Fsp3) is 0.100. The third-order valence-corrected chi connectivity index (χ3v) is 9.45. The molecule has 0 atom stereocenters. The molecule has 9 rings (SSSR count). The molecular formula is C40H26N2O6. The zero-order chi connectivity index (χ0) is 32.8. The Hall–Kier alpha value is -6.28. The zero-order valence-electron chi connectivity index (χ0n) is 26.0. The Morgan fingerprint density at radius 2 is 0.729 bits per heavy atom. The maximum absolute atomic E-state index is 14.1. The lowest BCUT2D eigenvalue weighted by atomic mass is 9.82. The molecule has 7 aromatic rings. The smallest absolute Gasteiger partial charge is 0.266 e. The Balaban J connectivity index is 1.28. The van der Waals surface area contributed by atoms with E-state index in [1.54, 1.807) is 72.8 Å². The van der Waals surface area contributed by atoms with Crippen LogP contribution >= 0.6 is 0 Å². The molecule has 48 heavy (non-hydrogen) atoms. The van der Waals surface area contributed by atoms with Gasteiger partial charge in [-0.15, -0.1) is 0 Å². The second-order valence-corrected chi connectivity index (χ2v) is 11.8. The summed E-state index contributed by atoms with van der Waals surface area (Å²) in [6, 6.07) is 28.7. The van der Waals surface area contributed by atoms with E-state index in [1.165, 1.54) is 9.80 Å². The van der Waals surface area contributed by atoms with Crippen molar-refractivity contribution in [3.63, 3.8) is 0 Å². The maximum atomic E-state index is 14.1. The van der Waals surface area contributed by atoms with Crippen LogP contribution in [0.3, 0.4) is 0 Å². The van der Waals surface area contributed by atoms with Gasteiger partial charge in [-0.05, 0) is 94.7 Å². The third-order valence-electron chi connectivity index (χ3n) is 9.45. The number of carbonyl (C=O) groups is 4. The monoisotopic (exact) mass is 630 g/mol. The predicted molar refractivity (Wildman–Crippen MR) is 185 cm³/mol. The average molecular weight is 631 g/mol. The second-order valence-electron chi connectivity index (χ2n) is 11.8. The minimum absolute atomic E-state index is 0.385. The van der Waals surface area contributed by atoms with Gasteiger partial charge in [-0.25, -0.2) is 9.80 Å². The van der Waals surface area contributed by atoms with Gasteiger partial charge in [0, 0.05) is 33.0 Å². The van der Waals surface area contributed by atoms with Gasteiger partial charge in [0.1, 0.15) is 11.5 Å². The van der Waals surface area contributed by atoms with Gasteiger partial charge in [-0.2, -0.15) is 0 Å². The van der Waals surface area contributed by atoms with Crippen LogP contribution in [0.1, 0.15) is 55.3 Å². The van der Waals surface area contributed by atoms with Crippen molar-refractivity contribution >= 4 is 78.1 Å². The van der Waals surface area contributed by atoms with E-state index < -0.39 is 23.6 Å². The first-order valence-corrected chi connectivity index (χ1v) is 15.9. The molecular weight excluding hydrogens is 604 g/mol. The van der Waals surface area contributed by atoms with Crippen LogP contribution in [0, 0.1) is 0 Å². The van der Waals surface area contributed by atoms with Gasteiger partial charge in [-0.1, -0.05) is 48.5 Å². The van der Waals surface area contributed by atoms with Crippen molar-refractivity contribution in [1.29, 1.82) is 0 Å².